The predicted molar refractivity (Wildman–Crippen MR) is 63.3 cm³/mol. The second-order valence-electron chi connectivity index (χ2n) is 4.01. The third kappa shape index (κ3) is 2.17. The molecule has 0 radical (unpaired) electrons. The molecule has 1 fully saturated rings. The lowest BCUT2D eigenvalue weighted by Crippen LogP contribution is -2.27. The quantitative estimate of drug-likeness (QED) is 0.852. The maximum Gasteiger partial charge on any atom is 0.415 e. The maximum atomic E-state index is 11.6. The molecule has 1 aliphatic rings. The molecule has 1 atom stereocenters. The van der Waals surface area contributed by atoms with E-state index in [0.29, 0.717) is 11.3 Å². The molecule has 2 amide bonds. The highest BCUT2D eigenvalue weighted by molar-refractivity contribution is 5.98. The van der Waals surface area contributed by atoms with Gasteiger partial charge in [-0.15, -0.1) is 0 Å². The first-order valence-corrected chi connectivity index (χ1v) is 5.37. The molecule has 6 nitrogen and oxygen atoms in total. The van der Waals surface area contributed by atoms with Gasteiger partial charge < -0.3 is 10.5 Å². The average Bonchev–Trinajstić information content (AvgIpc) is 2.72. The van der Waals surface area contributed by atoms with Gasteiger partial charge in [-0.2, -0.15) is 0 Å². The summed E-state index contributed by atoms with van der Waals surface area (Å²) in [7, 11) is 0. The number of nitrogens with zero attached hydrogens (tertiary/aromatic N) is 1. The van der Waals surface area contributed by atoms with Crippen LogP contribution in [0.3, 0.4) is 0 Å². The van der Waals surface area contributed by atoms with Crippen LogP contribution in [-0.4, -0.2) is 30.4 Å². The SMILES string of the molecule is CC(=O)[C@@H]1CN(c2cccc(C(N)=O)c2)C(=O)O1. The molecule has 1 aromatic carbocycles. The first-order valence-electron chi connectivity index (χ1n) is 5.37. The topological polar surface area (TPSA) is 89.7 Å². The number of cyclic esters (lactones) is 1. The third-order valence-corrected chi connectivity index (χ3v) is 2.71. The van der Waals surface area contributed by atoms with E-state index in [1.54, 1.807) is 18.2 Å². The number of benzene rings is 1. The Morgan fingerprint density at radius 3 is 2.72 bits per heavy atom. The van der Waals surface area contributed by atoms with Crippen molar-refractivity contribution < 1.29 is 19.1 Å². The summed E-state index contributed by atoms with van der Waals surface area (Å²) in [6.07, 6.45) is -1.36. The van der Waals surface area contributed by atoms with E-state index in [4.69, 9.17) is 10.5 Å². The third-order valence-electron chi connectivity index (χ3n) is 2.71. The Balaban J connectivity index is 2.27. The number of primary amides is 1. The van der Waals surface area contributed by atoms with E-state index >= 15 is 0 Å². The summed E-state index contributed by atoms with van der Waals surface area (Å²) in [6, 6.07) is 6.31. The van der Waals surface area contributed by atoms with Crippen LogP contribution >= 0.6 is 0 Å². The van der Waals surface area contributed by atoms with Gasteiger partial charge in [0.1, 0.15) is 0 Å². The second-order valence-corrected chi connectivity index (χ2v) is 4.01. The molecule has 0 aliphatic carbocycles. The number of nitrogens with two attached hydrogens (primary N) is 1. The van der Waals surface area contributed by atoms with E-state index in [1.807, 2.05) is 0 Å². The number of carbonyl (C=O) groups is 3. The fourth-order valence-electron chi connectivity index (χ4n) is 1.71. The fraction of sp³-hybridized carbons (Fsp3) is 0.250. The average molecular weight is 248 g/mol. The molecule has 0 aromatic heterocycles. The molecule has 1 aromatic rings. The molecular formula is C12H12N2O4. The molecule has 0 spiro atoms. The number of amides is 2. The number of ether oxygens (including phenoxy) is 1. The molecule has 2 N–H and O–H groups in total. The van der Waals surface area contributed by atoms with Crippen LogP contribution in [-0.2, 0) is 9.53 Å². The standard InChI is InChI=1S/C12H12N2O4/c1-7(15)10-6-14(12(17)18-10)9-4-2-3-8(5-9)11(13)16/h2-5,10H,6H2,1H3,(H2,13,16)/t10-/m0/s1. The molecule has 0 saturated carbocycles. The molecule has 1 heterocycles. The monoisotopic (exact) mass is 248 g/mol. The van der Waals surface area contributed by atoms with Crippen molar-refractivity contribution in [2.45, 2.75) is 13.0 Å². The van der Waals surface area contributed by atoms with Crippen molar-refractivity contribution in [1.29, 1.82) is 0 Å². The summed E-state index contributed by atoms with van der Waals surface area (Å²) in [4.78, 5) is 35.1. The van der Waals surface area contributed by atoms with Gasteiger partial charge in [-0.1, -0.05) is 6.07 Å². The summed E-state index contributed by atoms with van der Waals surface area (Å²) < 4.78 is 4.91. The van der Waals surface area contributed by atoms with Crippen molar-refractivity contribution in [2.24, 2.45) is 5.73 Å². The molecule has 2 rings (SSSR count). The molecule has 0 unspecified atom stereocenters. The zero-order chi connectivity index (χ0) is 13.3. The Hall–Kier alpha value is -2.37. The van der Waals surface area contributed by atoms with Crippen molar-refractivity contribution in [2.75, 3.05) is 11.4 Å². The summed E-state index contributed by atoms with van der Waals surface area (Å²) in [6.45, 7) is 1.51. The highest BCUT2D eigenvalue weighted by Crippen LogP contribution is 2.22. The number of Topliss-reactive ketones (excluding diaryl/α,β-unsaturated/α-hetero) is 1. The first kappa shape index (κ1) is 12.1. The highest BCUT2D eigenvalue weighted by Gasteiger charge is 2.35. The van der Waals surface area contributed by atoms with Crippen LogP contribution in [0.2, 0.25) is 0 Å². The van der Waals surface area contributed by atoms with Gasteiger partial charge in [0.2, 0.25) is 5.91 Å². The van der Waals surface area contributed by atoms with Crippen LogP contribution in [0.15, 0.2) is 24.3 Å². The number of hydrogen-bond donors (Lipinski definition) is 1. The van der Waals surface area contributed by atoms with E-state index in [-0.39, 0.29) is 12.3 Å². The second kappa shape index (κ2) is 4.48. The lowest BCUT2D eigenvalue weighted by molar-refractivity contribution is -0.123. The van der Waals surface area contributed by atoms with Gasteiger partial charge in [-0.3, -0.25) is 14.5 Å². The smallest absolute Gasteiger partial charge is 0.415 e. The molecule has 94 valence electrons. The number of hydrogen-bond acceptors (Lipinski definition) is 4. The van der Waals surface area contributed by atoms with Gasteiger partial charge in [-0.05, 0) is 25.1 Å². The van der Waals surface area contributed by atoms with Crippen molar-refractivity contribution in [3.63, 3.8) is 0 Å². The summed E-state index contributed by atoms with van der Waals surface area (Å²) in [5.41, 5.74) is 5.95. The van der Waals surface area contributed by atoms with Crippen LogP contribution in [0.5, 0.6) is 0 Å². The van der Waals surface area contributed by atoms with Crippen molar-refractivity contribution >= 4 is 23.5 Å². The Morgan fingerprint density at radius 1 is 1.44 bits per heavy atom. The van der Waals surface area contributed by atoms with Crippen molar-refractivity contribution in [3.05, 3.63) is 29.8 Å². The van der Waals surface area contributed by atoms with Gasteiger partial charge in [0.15, 0.2) is 11.9 Å². The van der Waals surface area contributed by atoms with E-state index < -0.39 is 18.1 Å². The van der Waals surface area contributed by atoms with E-state index in [1.165, 1.54) is 17.9 Å². The van der Waals surface area contributed by atoms with Crippen LogP contribution in [0.4, 0.5) is 10.5 Å². The van der Waals surface area contributed by atoms with E-state index in [0.717, 1.165) is 0 Å². The van der Waals surface area contributed by atoms with Gasteiger partial charge in [0.05, 0.1) is 6.54 Å². The Labute approximate surface area is 103 Å². The minimum Gasteiger partial charge on any atom is -0.436 e. The normalized spacial score (nSPS) is 18.6. The van der Waals surface area contributed by atoms with Crippen LogP contribution < -0.4 is 10.6 Å². The van der Waals surface area contributed by atoms with Crippen LogP contribution in [0.1, 0.15) is 17.3 Å². The number of rotatable bonds is 3. The molecular weight excluding hydrogens is 236 g/mol. The van der Waals surface area contributed by atoms with Gasteiger partial charge >= 0.3 is 6.09 Å². The lowest BCUT2D eigenvalue weighted by Gasteiger charge is -2.13. The Morgan fingerprint density at radius 2 is 2.17 bits per heavy atom. The largest absolute Gasteiger partial charge is 0.436 e. The van der Waals surface area contributed by atoms with Gasteiger partial charge in [0.25, 0.3) is 0 Å². The molecule has 0 bridgehead atoms. The van der Waals surface area contributed by atoms with Gasteiger partial charge in [0, 0.05) is 11.3 Å². The molecule has 1 aliphatic heterocycles. The maximum absolute atomic E-state index is 11.6. The molecule has 18 heavy (non-hydrogen) atoms. The Bertz CT molecular complexity index is 527. The zero-order valence-electron chi connectivity index (χ0n) is 9.75. The fourth-order valence-corrected chi connectivity index (χ4v) is 1.71. The van der Waals surface area contributed by atoms with Crippen LogP contribution in [0, 0.1) is 0 Å². The molecule has 6 heteroatoms. The number of ketones is 1. The van der Waals surface area contributed by atoms with E-state index in [2.05, 4.69) is 0 Å². The molecule has 1 saturated heterocycles. The van der Waals surface area contributed by atoms with Crippen LogP contribution in [0.25, 0.3) is 0 Å². The van der Waals surface area contributed by atoms with Crippen molar-refractivity contribution in [3.8, 4) is 0 Å². The number of carbonyl (C=O) groups excluding carboxylic acids is 3. The minimum absolute atomic E-state index is 0.149. The number of anilines is 1. The summed E-state index contributed by atoms with van der Waals surface area (Å²) >= 11 is 0. The minimum atomic E-state index is -0.755. The first-order chi connectivity index (χ1) is 8.49. The Kier molecular flexibility index (Phi) is 3.01. The van der Waals surface area contributed by atoms with Gasteiger partial charge in [-0.25, -0.2) is 4.79 Å². The van der Waals surface area contributed by atoms with Crippen molar-refractivity contribution in [1.82, 2.24) is 0 Å². The summed E-state index contributed by atoms with van der Waals surface area (Å²) in [5, 5.41) is 0. The van der Waals surface area contributed by atoms with E-state index in [9.17, 15) is 14.4 Å². The lowest BCUT2D eigenvalue weighted by atomic mass is 10.1. The highest BCUT2D eigenvalue weighted by atomic mass is 16.6. The predicted octanol–water partition coefficient (Wildman–Crippen LogP) is 0.700. The summed E-state index contributed by atoms with van der Waals surface area (Å²) in [5.74, 6) is -0.788. The zero-order valence-corrected chi connectivity index (χ0v) is 9.75.